The standard InChI is InChI=1S/C50H32N5O2S2/c1-2-14-30(15-3-1)28-58-41-25-13-6-18-33(41)43-45(50-54-37-22-10-12-24-39(37)57-50)44(40-26-32-17-5-11-23-38(32)56-40)46(49-52-35-20-8-9-21-36(35)53-49)48-47(43)55(29-59-48)42-27-31-16-4-7-19-34(31)51-42/h1-27,29,51H,28H2,(H,52,53). The molecule has 59 heavy (non-hydrogen) atoms. The van der Waals surface area contributed by atoms with E-state index in [1.807, 2.05) is 72.4 Å². The second kappa shape index (κ2) is 13.9. The minimum atomic E-state index is 0.494. The number of fused-ring (bicyclic) bond motifs is 5. The zero-order valence-corrected chi connectivity index (χ0v) is 33.0. The molecule has 0 saturated heterocycles. The number of imidazole rings is 1. The lowest BCUT2D eigenvalue weighted by molar-refractivity contribution is 0.616. The molecule has 7 nitrogen and oxygen atoms in total. The van der Waals surface area contributed by atoms with Crippen molar-refractivity contribution in [3.8, 4) is 45.3 Å². The maximum absolute atomic E-state index is 6.91. The second-order valence-electron chi connectivity index (χ2n) is 14.5. The summed E-state index contributed by atoms with van der Waals surface area (Å²) in [5, 5.41) is 2.13. The van der Waals surface area contributed by atoms with Crippen LogP contribution < -0.4 is 4.90 Å². The first-order valence-corrected chi connectivity index (χ1v) is 21.3. The van der Waals surface area contributed by atoms with Crippen molar-refractivity contribution in [1.29, 1.82) is 0 Å². The maximum Gasteiger partial charge on any atom is 0.228 e. The summed E-state index contributed by atoms with van der Waals surface area (Å²) in [6.45, 7) is 0. The van der Waals surface area contributed by atoms with Gasteiger partial charge in [0.2, 0.25) is 5.89 Å². The molecular weight excluding hydrogens is 767 g/mol. The van der Waals surface area contributed by atoms with Crippen LogP contribution >= 0.6 is 23.5 Å². The molecule has 281 valence electrons. The Morgan fingerprint density at radius 1 is 0.576 bits per heavy atom. The average Bonchev–Trinajstić information content (AvgIpc) is 4.13. The fourth-order valence-electron chi connectivity index (χ4n) is 8.22. The molecule has 7 aromatic carbocycles. The van der Waals surface area contributed by atoms with Crippen LogP contribution in [0.25, 0.3) is 89.3 Å². The number of nitrogens with one attached hydrogen (secondary N) is 2. The van der Waals surface area contributed by atoms with Gasteiger partial charge in [-0.25, -0.2) is 9.97 Å². The number of hydrogen-bond acceptors (Lipinski definition) is 7. The minimum Gasteiger partial charge on any atom is -0.456 e. The van der Waals surface area contributed by atoms with E-state index in [1.165, 1.54) is 5.56 Å². The van der Waals surface area contributed by atoms with Crippen molar-refractivity contribution >= 4 is 79.0 Å². The highest BCUT2D eigenvalue weighted by molar-refractivity contribution is 8.02. The van der Waals surface area contributed by atoms with Crippen LogP contribution in [0, 0.1) is 5.88 Å². The van der Waals surface area contributed by atoms with Crippen LogP contribution in [-0.2, 0) is 5.75 Å². The molecule has 0 spiro atoms. The molecule has 9 heteroatoms. The molecule has 0 fully saturated rings. The third-order valence-corrected chi connectivity index (χ3v) is 13.0. The number of H-pyrrole nitrogens is 2. The predicted molar refractivity (Wildman–Crippen MR) is 242 cm³/mol. The van der Waals surface area contributed by atoms with Crippen LogP contribution in [0.1, 0.15) is 5.56 Å². The largest absolute Gasteiger partial charge is 0.456 e. The molecule has 0 amide bonds. The maximum atomic E-state index is 6.91. The third-order valence-electron chi connectivity index (χ3n) is 10.9. The summed E-state index contributed by atoms with van der Waals surface area (Å²) in [5.41, 5.74) is 12.0. The first-order chi connectivity index (χ1) is 29.2. The van der Waals surface area contributed by atoms with Gasteiger partial charge in [-0.15, -0.1) is 11.8 Å². The van der Waals surface area contributed by atoms with Crippen molar-refractivity contribution in [2.24, 2.45) is 0 Å². The number of benzene rings is 7. The first kappa shape index (κ1) is 34.1. The van der Waals surface area contributed by atoms with Gasteiger partial charge in [-0.3, -0.25) is 0 Å². The number of hydrogen-bond donors (Lipinski definition) is 2. The Morgan fingerprint density at radius 2 is 1.31 bits per heavy atom. The van der Waals surface area contributed by atoms with Crippen LogP contribution in [0.4, 0.5) is 11.5 Å². The molecule has 1 radical (unpaired) electrons. The number of para-hydroxylation sites is 6. The Bertz CT molecular complexity index is 3250. The Balaban J connectivity index is 1.24. The second-order valence-corrected chi connectivity index (χ2v) is 16.4. The number of oxazole rings is 1. The van der Waals surface area contributed by atoms with Crippen LogP contribution in [0.15, 0.2) is 182 Å². The minimum absolute atomic E-state index is 0.494. The summed E-state index contributed by atoms with van der Waals surface area (Å²) in [6.07, 6.45) is 0. The highest BCUT2D eigenvalue weighted by atomic mass is 32.2. The smallest absolute Gasteiger partial charge is 0.228 e. The van der Waals surface area contributed by atoms with Gasteiger partial charge in [0.25, 0.3) is 0 Å². The highest BCUT2D eigenvalue weighted by Gasteiger charge is 2.39. The van der Waals surface area contributed by atoms with E-state index in [4.69, 9.17) is 18.8 Å². The van der Waals surface area contributed by atoms with E-state index < -0.39 is 0 Å². The van der Waals surface area contributed by atoms with Crippen molar-refractivity contribution in [1.82, 2.24) is 19.9 Å². The quantitative estimate of drug-likeness (QED) is 0.148. The zero-order valence-electron chi connectivity index (χ0n) is 31.3. The Labute approximate surface area is 347 Å². The fraction of sp³-hybridized carbons (Fsp3) is 0.0200. The summed E-state index contributed by atoms with van der Waals surface area (Å²) in [6, 6.07) is 56.4. The SMILES string of the molecule is [CH]1Sc2c(-c3nc4ccccc4[nH]3)c(-c3cc4ccccc4o3)c(-c3nc4ccccc4o3)c(-c3ccccc3SCc3ccccc3)c2N1c1cc2ccccc2[nH]1. The van der Waals surface area contributed by atoms with Gasteiger partial charge in [0.05, 0.1) is 22.3 Å². The van der Waals surface area contributed by atoms with Crippen molar-refractivity contribution in [2.75, 3.05) is 4.90 Å². The molecule has 5 heterocycles. The van der Waals surface area contributed by atoms with E-state index in [-0.39, 0.29) is 0 Å². The number of furan rings is 1. The number of rotatable bonds is 8. The molecule has 0 unspecified atom stereocenters. The van der Waals surface area contributed by atoms with Crippen molar-refractivity contribution in [3.05, 3.63) is 175 Å². The summed E-state index contributed by atoms with van der Waals surface area (Å²) in [7, 11) is 0. The number of nitrogens with zero attached hydrogens (tertiary/aromatic N) is 3. The zero-order chi connectivity index (χ0) is 38.9. The van der Waals surface area contributed by atoms with Gasteiger partial charge < -0.3 is 23.7 Å². The topological polar surface area (TPSA) is 86.9 Å². The normalized spacial score (nSPS) is 12.7. The van der Waals surface area contributed by atoms with Crippen LogP contribution in [0.2, 0.25) is 0 Å². The Hall–Kier alpha value is -6.94. The third kappa shape index (κ3) is 5.76. The van der Waals surface area contributed by atoms with E-state index in [0.29, 0.717) is 17.2 Å². The summed E-state index contributed by atoms with van der Waals surface area (Å²) < 4.78 is 13.8. The van der Waals surface area contributed by atoms with Gasteiger partial charge in [-0.2, -0.15) is 0 Å². The fourth-order valence-corrected chi connectivity index (χ4v) is 10.3. The highest BCUT2D eigenvalue weighted by Crippen LogP contribution is 2.61. The van der Waals surface area contributed by atoms with E-state index in [0.717, 1.165) is 99.1 Å². The van der Waals surface area contributed by atoms with Gasteiger partial charge >= 0.3 is 0 Å². The Kier molecular flexibility index (Phi) is 8.02. The van der Waals surface area contributed by atoms with Crippen LogP contribution in [-0.4, -0.2) is 19.9 Å². The Morgan fingerprint density at radius 3 is 2.14 bits per heavy atom. The molecule has 1 aliphatic rings. The van der Waals surface area contributed by atoms with Crippen molar-refractivity contribution in [3.63, 3.8) is 0 Å². The van der Waals surface area contributed by atoms with Gasteiger partial charge in [0.1, 0.15) is 34.4 Å². The number of aromatic nitrogens is 4. The average molecular weight is 799 g/mol. The van der Waals surface area contributed by atoms with Crippen LogP contribution in [0.3, 0.4) is 0 Å². The predicted octanol–water partition coefficient (Wildman–Crippen LogP) is 14.3. The lowest BCUT2D eigenvalue weighted by Crippen LogP contribution is -2.11. The first-order valence-electron chi connectivity index (χ1n) is 19.4. The number of thioether (sulfide) groups is 2. The van der Waals surface area contributed by atoms with E-state index in [1.54, 1.807) is 11.8 Å². The van der Waals surface area contributed by atoms with Crippen molar-refractivity contribution < 1.29 is 8.83 Å². The van der Waals surface area contributed by atoms with Gasteiger partial charge in [-0.1, -0.05) is 121 Å². The van der Waals surface area contributed by atoms with E-state index in [2.05, 4.69) is 124 Å². The molecule has 11 aromatic rings. The molecule has 4 aromatic heterocycles. The van der Waals surface area contributed by atoms with Gasteiger partial charge in [-0.05, 0) is 65.7 Å². The number of aromatic amines is 2. The van der Waals surface area contributed by atoms with E-state index >= 15 is 0 Å². The van der Waals surface area contributed by atoms with Crippen molar-refractivity contribution in [2.45, 2.75) is 15.5 Å². The molecule has 0 aliphatic carbocycles. The molecular formula is C50H32N5O2S2. The monoisotopic (exact) mass is 798 g/mol. The summed E-state index contributed by atoms with van der Waals surface area (Å²) in [4.78, 5) is 22.5. The van der Waals surface area contributed by atoms with Gasteiger partial charge in [0.15, 0.2) is 5.58 Å². The molecule has 2 N–H and O–H groups in total. The van der Waals surface area contributed by atoms with E-state index in [9.17, 15) is 0 Å². The number of anilines is 2. The molecule has 0 atom stereocenters. The van der Waals surface area contributed by atoms with Crippen LogP contribution in [0.5, 0.6) is 0 Å². The molecule has 12 rings (SSSR count). The molecule has 0 bridgehead atoms. The lowest BCUT2D eigenvalue weighted by atomic mass is 9.87. The van der Waals surface area contributed by atoms with Gasteiger partial charge in [0, 0.05) is 48.5 Å². The molecule has 1 aliphatic heterocycles. The summed E-state index contributed by atoms with van der Waals surface area (Å²) in [5.74, 6) is 5.87. The summed E-state index contributed by atoms with van der Waals surface area (Å²) >= 11 is 3.51. The molecule has 0 saturated carbocycles. The lowest BCUT2D eigenvalue weighted by Gasteiger charge is -2.26.